The number of anilines is 1. The van der Waals surface area contributed by atoms with Gasteiger partial charge >= 0.3 is 0 Å². The molecule has 0 aromatic heterocycles. The fourth-order valence-electron chi connectivity index (χ4n) is 4.96. The summed E-state index contributed by atoms with van der Waals surface area (Å²) in [5, 5.41) is 7.20. The molecule has 6 nitrogen and oxygen atoms in total. The largest absolute Gasteiger partial charge is 0.428 e. The molecule has 0 saturated heterocycles. The molecule has 188 valence electrons. The Hall–Kier alpha value is -3.26. The molecular weight excluding hydrogens is 466 g/mol. The lowest BCUT2D eigenvalue weighted by Crippen LogP contribution is -2.46. The number of carbonyl (C=O) groups is 2. The second-order valence-corrected chi connectivity index (χ2v) is 13.8. The van der Waals surface area contributed by atoms with Gasteiger partial charge in [-0.05, 0) is 85.2 Å². The summed E-state index contributed by atoms with van der Waals surface area (Å²) in [6.45, 7) is 8.08. The number of hydrogen-bond acceptors (Lipinski definition) is 4. The Balaban J connectivity index is 1.69. The zero-order valence-electron chi connectivity index (χ0n) is 21.6. The van der Waals surface area contributed by atoms with Gasteiger partial charge in [-0.3, -0.25) is 9.59 Å². The predicted octanol–water partition coefficient (Wildman–Crippen LogP) is 4.09. The van der Waals surface area contributed by atoms with Gasteiger partial charge in [-0.2, -0.15) is 0 Å². The first kappa shape index (κ1) is 25.8. The van der Waals surface area contributed by atoms with E-state index in [0.29, 0.717) is 12.0 Å². The number of nitrogens with zero attached hydrogens (tertiary/aromatic N) is 1. The number of rotatable bonds is 6. The molecule has 1 aliphatic heterocycles. The Morgan fingerprint density at radius 1 is 1.03 bits per heavy atom. The van der Waals surface area contributed by atoms with Gasteiger partial charge in [0.1, 0.15) is 0 Å². The first-order valence-corrected chi connectivity index (χ1v) is 15.3. The van der Waals surface area contributed by atoms with Crippen LogP contribution in [-0.4, -0.2) is 38.0 Å². The van der Waals surface area contributed by atoms with Crippen molar-refractivity contribution >= 4 is 31.0 Å². The van der Waals surface area contributed by atoms with Crippen LogP contribution in [0.5, 0.6) is 0 Å². The van der Waals surface area contributed by atoms with Crippen molar-refractivity contribution in [3.63, 3.8) is 0 Å². The average molecular weight is 502 g/mol. The van der Waals surface area contributed by atoms with Crippen molar-refractivity contribution in [1.82, 2.24) is 10.6 Å². The second kappa shape index (κ2) is 10.4. The topological polar surface area (TPSA) is 81.7 Å². The molecule has 7 heteroatoms. The van der Waals surface area contributed by atoms with E-state index in [1.807, 2.05) is 56.2 Å². The normalized spacial score (nSPS) is 17.4. The fraction of sp³-hybridized carbons (Fsp3) is 0.310. The molecule has 0 saturated carbocycles. The van der Waals surface area contributed by atoms with E-state index in [1.165, 1.54) is 5.56 Å². The lowest BCUT2D eigenvalue weighted by atomic mass is 9.88. The molecule has 2 amide bonds. The monoisotopic (exact) mass is 501 g/mol. The standard InChI is InChI=1S/C29H35N3O3Si/c1-19-15-27(31-29(34)24-7-6-8-25(16-24)36(4,5)35)26-17-23(13-14-28(26)32(19)20(2)33)22-11-9-21(10-12-22)18-30-3/h6-14,16-17,19,27,30,35H,15,18H2,1-5H3,(H,31,34)/t19-,27+/m0/s1. The van der Waals surface area contributed by atoms with Gasteiger partial charge in [0.25, 0.3) is 5.91 Å². The van der Waals surface area contributed by atoms with Crippen molar-refractivity contribution < 1.29 is 14.4 Å². The van der Waals surface area contributed by atoms with Gasteiger partial charge in [-0.25, -0.2) is 0 Å². The van der Waals surface area contributed by atoms with E-state index in [1.54, 1.807) is 19.1 Å². The van der Waals surface area contributed by atoms with E-state index in [-0.39, 0.29) is 23.9 Å². The quantitative estimate of drug-likeness (QED) is 0.445. The highest BCUT2D eigenvalue weighted by atomic mass is 28.4. The summed E-state index contributed by atoms with van der Waals surface area (Å²) < 4.78 is 0. The molecular formula is C29H35N3O3Si. The molecule has 0 aliphatic carbocycles. The minimum Gasteiger partial charge on any atom is -0.428 e. The summed E-state index contributed by atoms with van der Waals surface area (Å²) in [6.07, 6.45) is 0.614. The Bertz CT molecular complexity index is 1270. The third-order valence-electron chi connectivity index (χ3n) is 6.82. The molecule has 3 aromatic rings. The molecule has 0 fully saturated rings. The van der Waals surface area contributed by atoms with Crippen molar-refractivity contribution in [1.29, 1.82) is 0 Å². The Morgan fingerprint density at radius 3 is 2.36 bits per heavy atom. The molecule has 2 atom stereocenters. The van der Waals surface area contributed by atoms with Crippen LogP contribution in [0.3, 0.4) is 0 Å². The van der Waals surface area contributed by atoms with Gasteiger partial charge in [-0.15, -0.1) is 0 Å². The molecule has 4 rings (SSSR count). The van der Waals surface area contributed by atoms with E-state index in [2.05, 4.69) is 41.0 Å². The lowest BCUT2D eigenvalue weighted by Gasteiger charge is -2.39. The van der Waals surface area contributed by atoms with Crippen LogP contribution in [0.1, 0.15) is 47.8 Å². The summed E-state index contributed by atoms with van der Waals surface area (Å²) in [4.78, 5) is 38.2. The highest BCUT2D eigenvalue weighted by molar-refractivity contribution is 6.83. The minimum absolute atomic E-state index is 0.0134. The predicted molar refractivity (Wildman–Crippen MR) is 148 cm³/mol. The molecule has 3 N–H and O–H groups in total. The van der Waals surface area contributed by atoms with Crippen molar-refractivity contribution in [2.75, 3.05) is 11.9 Å². The first-order chi connectivity index (χ1) is 17.1. The van der Waals surface area contributed by atoms with Crippen molar-refractivity contribution in [2.45, 2.75) is 52.0 Å². The maximum absolute atomic E-state index is 13.3. The number of fused-ring (bicyclic) bond motifs is 1. The Labute approximate surface area is 214 Å². The Kier molecular flexibility index (Phi) is 7.45. The summed E-state index contributed by atoms with van der Waals surface area (Å²) in [6, 6.07) is 21.5. The summed E-state index contributed by atoms with van der Waals surface area (Å²) in [7, 11) is -0.609. The van der Waals surface area contributed by atoms with Gasteiger partial charge in [0.05, 0.1) is 6.04 Å². The van der Waals surface area contributed by atoms with E-state index in [4.69, 9.17) is 0 Å². The van der Waals surface area contributed by atoms with Crippen LogP contribution in [0.4, 0.5) is 5.69 Å². The molecule has 0 radical (unpaired) electrons. The van der Waals surface area contributed by atoms with E-state index >= 15 is 0 Å². The van der Waals surface area contributed by atoms with E-state index < -0.39 is 8.32 Å². The summed E-state index contributed by atoms with van der Waals surface area (Å²) in [5.41, 5.74) is 5.62. The van der Waals surface area contributed by atoms with Gasteiger partial charge < -0.3 is 20.3 Å². The zero-order valence-corrected chi connectivity index (χ0v) is 22.6. The Morgan fingerprint density at radius 2 is 1.72 bits per heavy atom. The van der Waals surface area contributed by atoms with Crippen LogP contribution in [0, 0.1) is 0 Å². The maximum Gasteiger partial charge on any atom is 0.251 e. The van der Waals surface area contributed by atoms with Crippen LogP contribution < -0.4 is 20.7 Å². The van der Waals surface area contributed by atoms with Gasteiger partial charge in [0, 0.05) is 30.8 Å². The van der Waals surface area contributed by atoms with Crippen LogP contribution in [0.25, 0.3) is 11.1 Å². The second-order valence-electron chi connectivity index (χ2n) is 10.1. The highest BCUT2D eigenvalue weighted by Gasteiger charge is 2.33. The molecule has 0 spiro atoms. The van der Waals surface area contributed by atoms with Gasteiger partial charge in [0.15, 0.2) is 0 Å². The third-order valence-corrected chi connectivity index (χ3v) is 8.55. The third kappa shape index (κ3) is 5.43. The number of benzene rings is 3. The molecule has 36 heavy (non-hydrogen) atoms. The summed E-state index contributed by atoms with van der Waals surface area (Å²) >= 11 is 0. The molecule has 0 unspecified atom stereocenters. The zero-order chi connectivity index (χ0) is 26.0. The van der Waals surface area contributed by atoms with Crippen molar-refractivity contribution in [3.8, 4) is 11.1 Å². The number of carbonyl (C=O) groups excluding carboxylic acids is 2. The van der Waals surface area contributed by atoms with Gasteiger partial charge in [-0.1, -0.05) is 42.5 Å². The molecule has 1 aliphatic rings. The minimum atomic E-state index is -2.54. The lowest BCUT2D eigenvalue weighted by molar-refractivity contribution is -0.117. The maximum atomic E-state index is 13.3. The van der Waals surface area contributed by atoms with Gasteiger partial charge in [0.2, 0.25) is 14.2 Å². The first-order valence-electron chi connectivity index (χ1n) is 12.4. The number of nitrogens with one attached hydrogen (secondary N) is 2. The molecule has 0 bridgehead atoms. The smallest absolute Gasteiger partial charge is 0.251 e. The average Bonchev–Trinajstić information content (AvgIpc) is 2.84. The summed E-state index contributed by atoms with van der Waals surface area (Å²) in [5.74, 6) is -0.197. The molecule has 1 heterocycles. The van der Waals surface area contributed by atoms with Crippen molar-refractivity contribution in [3.05, 3.63) is 83.4 Å². The van der Waals surface area contributed by atoms with E-state index in [0.717, 1.165) is 34.1 Å². The van der Waals surface area contributed by atoms with Crippen LogP contribution in [0.2, 0.25) is 13.1 Å². The fourth-order valence-corrected chi connectivity index (χ4v) is 5.97. The highest BCUT2D eigenvalue weighted by Crippen LogP contribution is 2.39. The van der Waals surface area contributed by atoms with Crippen LogP contribution in [-0.2, 0) is 11.3 Å². The number of amides is 2. The SMILES string of the molecule is CNCc1ccc(-c2ccc3c(c2)[C@H](NC(=O)c2cccc([Si](C)(C)O)c2)C[C@H](C)N3C(C)=O)cc1. The van der Waals surface area contributed by atoms with Crippen LogP contribution in [0.15, 0.2) is 66.7 Å². The van der Waals surface area contributed by atoms with E-state index in [9.17, 15) is 14.4 Å². The number of hydrogen-bond donors (Lipinski definition) is 3. The molecule has 3 aromatic carbocycles. The van der Waals surface area contributed by atoms with Crippen LogP contribution >= 0.6 is 0 Å². The van der Waals surface area contributed by atoms with Crippen molar-refractivity contribution in [2.24, 2.45) is 0 Å².